The molecule has 1 amide bonds. The van der Waals surface area contributed by atoms with Crippen LogP contribution in [0.3, 0.4) is 0 Å². The van der Waals surface area contributed by atoms with E-state index >= 15 is 0 Å². The van der Waals surface area contributed by atoms with Crippen LogP contribution >= 0.6 is 0 Å². The van der Waals surface area contributed by atoms with Gasteiger partial charge in [0.2, 0.25) is 0 Å². The first kappa shape index (κ1) is 16.9. The SMILES string of the molecule is Cc1noc(C)c1CN1C(=O)C(C(C)C)Oc2ccc([N+](=O)[O-])cc21. The second-order valence-electron chi connectivity index (χ2n) is 6.42. The highest BCUT2D eigenvalue weighted by molar-refractivity contribution is 6.00. The molecule has 1 aliphatic heterocycles. The first-order valence-electron chi connectivity index (χ1n) is 7.97. The van der Waals surface area contributed by atoms with Crippen molar-refractivity contribution in [2.24, 2.45) is 5.92 Å². The predicted molar refractivity (Wildman–Crippen MR) is 89.5 cm³/mol. The molecule has 1 aromatic carbocycles. The molecule has 132 valence electrons. The zero-order chi connectivity index (χ0) is 18.3. The number of hydrogen-bond acceptors (Lipinski definition) is 6. The van der Waals surface area contributed by atoms with Gasteiger partial charge in [0.1, 0.15) is 11.5 Å². The van der Waals surface area contributed by atoms with E-state index in [-0.39, 0.29) is 24.1 Å². The fourth-order valence-corrected chi connectivity index (χ4v) is 2.86. The predicted octanol–water partition coefficient (Wildman–Crippen LogP) is 3.15. The second kappa shape index (κ2) is 6.19. The van der Waals surface area contributed by atoms with Crippen LogP contribution in [0.2, 0.25) is 0 Å². The van der Waals surface area contributed by atoms with Gasteiger partial charge in [-0.2, -0.15) is 0 Å². The number of ether oxygens (including phenoxy) is 1. The molecular formula is C17H19N3O5. The van der Waals surface area contributed by atoms with Gasteiger partial charge < -0.3 is 14.2 Å². The Morgan fingerprint density at radius 3 is 2.64 bits per heavy atom. The van der Waals surface area contributed by atoms with Crippen molar-refractivity contribution in [3.8, 4) is 5.75 Å². The monoisotopic (exact) mass is 345 g/mol. The number of aryl methyl sites for hydroxylation is 2. The third kappa shape index (κ3) is 2.95. The van der Waals surface area contributed by atoms with Gasteiger partial charge in [-0.3, -0.25) is 14.9 Å². The number of aromatic nitrogens is 1. The second-order valence-corrected chi connectivity index (χ2v) is 6.42. The molecule has 1 aliphatic rings. The molecule has 0 fully saturated rings. The minimum Gasteiger partial charge on any atom is -0.478 e. The number of nitrogens with zero attached hydrogens (tertiary/aromatic N) is 3. The van der Waals surface area contributed by atoms with E-state index in [1.54, 1.807) is 13.8 Å². The Balaban J connectivity index is 2.09. The van der Waals surface area contributed by atoms with Gasteiger partial charge in [0, 0.05) is 17.7 Å². The number of benzene rings is 1. The van der Waals surface area contributed by atoms with Crippen molar-refractivity contribution in [2.45, 2.75) is 40.3 Å². The Morgan fingerprint density at radius 1 is 1.36 bits per heavy atom. The van der Waals surface area contributed by atoms with E-state index in [1.165, 1.54) is 23.1 Å². The summed E-state index contributed by atoms with van der Waals surface area (Å²) < 4.78 is 11.0. The maximum Gasteiger partial charge on any atom is 0.271 e. The van der Waals surface area contributed by atoms with Crippen molar-refractivity contribution in [3.63, 3.8) is 0 Å². The molecule has 8 heteroatoms. The van der Waals surface area contributed by atoms with Crippen molar-refractivity contribution in [3.05, 3.63) is 45.3 Å². The summed E-state index contributed by atoms with van der Waals surface area (Å²) in [6, 6.07) is 4.28. The molecule has 1 unspecified atom stereocenters. The lowest BCUT2D eigenvalue weighted by molar-refractivity contribution is -0.384. The molecule has 1 atom stereocenters. The maximum atomic E-state index is 12.9. The van der Waals surface area contributed by atoms with Gasteiger partial charge >= 0.3 is 0 Å². The van der Waals surface area contributed by atoms with E-state index in [0.29, 0.717) is 22.9 Å². The number of nitro benzene ring substituents is 1. The molecule has 0 spiro atoms. The van der Waals surface area contributed by atoms with Crippen LogP contribution in [-0.4, -0.2) is 22.1 Å². The number of carbonyl (C=O) groups excluding carboxylic acids is 1. The number of amides is 1. The lowest BCUT2D eigenvalue weighted by atomic mass is 10.0. The molecule has 0 bridgehead atoms. The molecule has 25 heavy (non-hydrogen) atoms. The standard InChI is InChI=1S/C17H19N3O5/c1-9(2)16-17(21)19(8-13-10(3)18-25-11(13)4)14-7-12(20(22)23)5-6-15(14)24-16/h5-7,9,16H,8H2,1-4H3. The molecular weight excluding hydrogens is 326 g/mol. The van der Waals surface area contributed by atoms with E-state index in [2.05, 4.69) is 5.16 Å². The average molecular weight is 345 g/mol. The molecule has 2 aromatic rings. The third-order valence-electron chi connectivity index (χ3n) is 4.31. The number of nitro groups is 1. The van der Waals surface area contributed by atoms with Crippen LogP contribution in [0, 0.1) is 29.9 Å². The first-order chi connectivity index (χ1) is 11.8. The smallest absolute Gasteiger partial charge is 0.271 e. The molecule has 8 nitrogen and oxygen atoms in total. The van der Waals surface area contributed by atoms with Gasteiger partial charge in [-0.15, -0.1) is 0 Å². The zero-order valence-corrected chi connectivity index (χ0v) is 14.5. The number of anilines is 1. The van der Waals surface area contributed by atoms with Crippen LogP contribution < -0.4 is 9.64 Å². The summed E-state index contributed by atoms with van der Waals surface area (Å²) in [6.07, 6.45) is -0.644. The van der Waals surface area contributed by atoms with Crippen LogP contribution in [0.4, 0.5) is 11.4 Å². The van der Waals surface area contributed by atoms with Crippen LogP contribution in [0.5, 0.6) is 5.75 Å². The zero-order valence-electron chi connectivity index (χ0n) is 14.5. The van der Waals surface area contributed by atoms with E-state index in [0.717, 1.165) is 5.56 Å². The van der Waals surface area contributed by atoms with Crippen molar-refractivity contribution in [2.75, 3.05) is 4.90 Å². The normalized spacial score (nSPS) is 16.8. The summed E-state index contributed by atoms with van der Waals surface area (Å²) >= 11 is 0. The number of non-ortho nitro benzene ring substituents is 1. The number of fused-ring (bicyclic) bond motifs is 1. The Morgan fingerprint density at radius 2 is 2.08 bits per heavy atom. The van der Waals surface area contributed by atoms with Gasteiger partial charge in [0.15, 0.2) is 6.10 Å². The fraction of sp³-hybridized carbons (Fsp3) is 0.412. The maximum absolute atomic E-state index is 12.9. The van der Waals surface area contributed by atoms with E-state index in [9.17, 15) is 14.9 Å². The number of carbonyl (C=O) groups is 1. The van der Waals surface area contributed by atoms with Crippen molar-refractivity contribution in [1.82, 2.24) is 5.16 Å². The van der Waals surface area contributed by atoms with Gasteiger partial charge in [-0.25, -0.2) is 0 Å². The van der Waals surface area contributed by atoms with Crippen molar-refractivity contribution in [1.29, 1.82) is 0 Å². The van der Waals surface area contributed by atoms with E-state index < -0.39 is 11.0 Å². The van der Waals surface area contributed by atoms with Gasteiger partial charge in [-0.05, 0) is 25.8 Å². The Kier molecular flexibility index (Phi) is 4.20. The summed E-state index contributed by atoms with van der Waals surface area (Å²) in [5.74, 6) is 0.798. The number of hydrogen-bond donors (Lipinski definition) is 0. The van der Waals surface area contributed by atoms with Gasteiger partial charge in [0.25, 0.3) is 11.6 Å². The highest BCUT2D eigenvalue weighted by atomic mass is 16.6. The van der Waals surface area contributed by atoms with E-state index in [1.807, 2.05) is 13.8 Å². The molecule has 0 saturated carbocycles. The summed E-state index contributed by atoms with van der Waals surface area (Å²) in [5, 5.41) is 15.0. The third-order valence-corrected chi connectivity index (χ3v) is 4.31. The molecule has 2 heterocycles. The summed E-state index contributed by atoms with van der Waals surface area (Å²) in [6.45, 7) is 7.58. The number of rotatable bonds is 4. The lowest BCUT2D eigenvalue weighted by Crippen LogP contribution is -2.48. The average Bonchev–Trinajstić information content (AvgIpc) is 2.87. The molecule has 0 radical (unpaired) electrons. The van der Waals surface area contributed by atoms with Crippen LogP contribution in [0.25, 0.3) is 0 Å². The first-order valence-corrected chi connectivity index (χ1v) is 7.97. The van der Waals surface area contributed by atoms with Crippen molar-refractivity contribution < 1.29 is 19.0 Å². The Hall–Kier alpha value is -2.90. The topological polar surface area (TPSA) is 98.7 Å². The molecule has 3 rings (SSSR count). The highest BCUT2D eigenvalue weighted by Gasteiger charge is 2.38. The van der Waals surface area contributed by atoms with Gasteiger partial charge in [0.05, 0.1) is 22.8 Å². The van der Waals surface area contributed by atoms with Crippen molar-refractivity contribution >= 4 is 17.3 Å². The lowest BCUT2D eigenvalue weighted by Gasteiger charge is -2.35. The quantitative estimate of drug-likeness (QED) is 0.623. The minimum absolute atomic E-state index is 0.0389. The minimum atomic E-state index is -0.644. The van der Waals surface area contributed by atoms with Crippen LogP contribution in [-0.2, 0) is 11.3 Å². The Labute approximate surface area is 144 Å². The summed E-state index contributed by atoms with van der Waals surface area (Å²) in [5.41, 5.74) is 1.76. The molecule has 0 saturated heterocycles. The highest BCUT2D eigenvalue weighted by Crippen LogP contribution is 2.39. The molecule has 0 aliphatic carbocycles. The largest absolute Gasteiger partial charge is 0.478 e. The molecule has 0 N–H and O–H groups in total. The Bertz CT molecular complexity index is 823. The van der Waals surface area contributed by atoms with Gasteiger partial charge in [-0.1, -0.05) is 19.0 Å². The van der Waals surface area contributed by atoms with Crippen LogP contribution in [0.1, 0.15) is 30.9 Å². The summed E-state index contributed by atoms with van der Waals surface area (Å²) in [7, 11) is 0. The van der Waals surface area contributed by atoms with Crippen LogP contribution in [0.15, 0.2) is 22.7 Å². The van der Waals surface area contributed by atoms with E-state index in [4.69, 9.17) is 9.26 Å². The summed E-state index contributed by atoms with van der Waals surface area (Å²) in [4.78, 5) is 25.1. The fourth-order valence-electron chi connectivity index (χ4n) is 2.86. The molecule has 1 aromatic heterocycles.